The molecule has 1 saturated heterocycles. The Morgan fingerprint density at radius 2 is 2.19 bits per heavy atom. The highest BCUT2D eigenvalue weighted by atomic mass is 79.9. The van der Waals surface area contributed by atoms with Gasteiger partial charge >= 0.3 is 5.97 Å². The van der Waals surface area contributed by atoms with E-state index in [-0.39, 0.29) is 12.0 Å². The second-order valence-corrected chi connectivity index (χ2v) is 5.93. The zero-order valence-electron chi connectivity index (χ0n) is 12.4. The molecular formula is C15H20BrNO4. The van der Waals surface area contributed by atoms with Crippen molar-refractivity contribution in [2.24, 2.45) is 5.92 Å². The van der Waals surface area contributed by atoms with Crippen LogP contribution in [0.5, 0.6) is 11.5 Å². The summed E-state index contributed by atoms with van der Waals surface area (Å²) < 4.78 is 11.8. The van der Waals surface area contributed by atoms with Gasteiger partial charge in [-0.25, -0.2) is 0 Å². The van der Waals surface area contributed by atoms with Crippen LogP contribution in [-0.2, 0) is 11.2 Å². The topological polar surface area (TPSA) is 67.8 Å². The van der Waals surface area contributed by atoms with E-state index in [4.69, 9.17) is 14.6 Å². The lowest BCUT2D eigenvalue weighted by Gasteiger charge is -2.22. The molecule has 2 N–H and O–H groups in total. The van der Waals surface area contributed by atoms with Gasteiger partial charge in [-0.05, 0) is 24.5 Å². The Labute approximate surface area is 132 Å². The third-order valence-electron chi connectivity index (χ3n) is 3.94. The number of nitrogens with one attached hydrogen (secondary N) is 1. The minimum Gasteiger partial charge on any atom is -0.493 e. The predicted octanol–water partition coefficient (Wildman–Crippen LogP) is 2.76. The van der Waals surface area contributed by atoms with Crippen LogP contribution in [0.3, 0.4) is 0 Å². The first-order chi connectivity index (χ1) is 10.0. The van der Waals surface area contributed by atoms with E-state index in [0.717, 1.165) is 27.8 Å². The van der Waals surface area contributed by atoms with Crippen LogP contribution in [0.2, 0.25) is 0 Å². The van der Waals surface area contributed by atoms with Crippen molar-refractivity contribution < 1.29 is 19.4 Å². The fraction of sp³-hybridized carbons (Fsp3) is 0.533. The monoisotopic (exact) mass is 357 g/mol. The normalized spacial score (nSPS) is 21.3. The summed E-state index contributed by atoms with van der Waals surface area (Å²) in [6.45, 7) is 2.54. The van der Waals surface area contributed by atoms with Crippen molar-refractivity contribution in [3.8, 4) is 11.5 Å². The summed E-state index contributed by atoms with van der Waals surface area (Å²) in [5, 5.41) is 12.5. The molecular weight excluding hydrogens is 338 g/mol. The SMILES string of the molecule is CCc1c(OC)c(OC)cc(Br)c1C1CC(C(=O)O)CN1. The van der Waals surface area contributed by atoms with Crippen LogP contribution in [0.1, 0.15) is 30.5 Å². The average molecular weight is 358 g/mol. The number of hydrogen-bond donors (Lipinski definition) is 2. The summed E-state index contributed by atoms with van der Waals surface area (Å²) in [4.78, 5) is 11.1. The number of carboxylic acid groups (broad SMARTS) is 1. The first-order valence-electron chi connectivity index (χ1n) is 6.92. The van der Waals surface area contributed by atoms with Gasteiger partial charge in [-0.1, -0.05) is 22.9 Å². The highest BCUT2D eigenvalue weighted by Gasteiger charge is 2.33. The molecule has 1 aromatic carbocycles. The van der Waals surface area contributed by atoms with Crippen LogP contribution in [0.15, 0.2) is 10.5 Å². The lowest BCUT2D eigenvalue weighted by molar-refractivity contribution is -0.141. The van der Waals surface area contributed by atoms with E-state index < -0.39 is 5.97 Å². The van der Waals surface area contributed by atoms with Gasteiger partial charge in [-0.2, -0.15) is 0 Å². The van der Waals surface area contributed by atoms with Gasteiger partial charge in [0.15, 0.2) is 11.5 Å². The van der Waals surface area contributed by atoms with Crippen molar-refractivity contribution in [1.82, 2.24) is 5.32 Å². The van der Waals surface area contributed by atoms with Crippen molar-refractivity contribution >= 4 is 21.9 Å². The Bertz CT molecular complexity index is 547. The lowest BCUT2D eigenvalue weighted by Crippen LogP contribution is -2.18. The Balaban J connectivity index is 2.46. The molecule has 21 heavy (non-hydrogen) atoms. The van der Waals surface area contributed by atoms with Crippen molar-refractivity contribution in [3.63, 3.8) is 0 Å². The van der Waals surface area contributed by atoms with Crippen molar-refractivity contribution in [3.05, 3.63) is 21.7 Å². The van der Waals surface area contributed by atoms with E-state index in [1.165, 1.54) is 0 Å². The Morgan fingerprint density at radius 1 is 1.48 bits per heavy atom. The predicted molar refractivity (Wildman–Crippen MR) is 83.1 cm³/mol. The molecule has 6 heteroatoms. The number of hydrogen-bond acceptors (Lipinski definition) is 4. The molecule has 2 unspecified atom stereocenters. The first-order valence-corrected chi connectivity index (χ1v) is 7.72. The van der Waals surface area contributed by atoms with E-state index in [9.17, 15) is 4.79 Å². The summed E-state index contributed by atoms with van der Waals surface area (Å²) >= 11 is 3.59. The molecule has 2 rings (SSSR count). The van der Waals surface area contributed by atoms with E-state index in [0.29, 0.717) is 18.7 Å². The average Bonchev–Trinajstić information content (AvgIpc) is 2.95. The summed E-state index contributed by atoms with van der Waals surface area (Å²) in [5.41, 5.74) is 2.12. The standard InChI is InChI=1S/C15H20BrNO4/c1-4-9-13(11-5-8(7-17-11)15(18)19)10(16)6-12(20-2)14(9)21-3/h6,8,11,17H,4-5,7H2,1-3H3,(H,18,19). The van der Waals surface area contributed by atoms with Gasteiger partial charge in [0.25, 0.3) is 0 Å². The molecule has 1 heterocycles. The molecule has 0 radical (unpaired) electrons. The zero-order valence-corrected chi connectivity index (χ0v) is 14.0. The maximum atomic E-state index is 11.1. The molecule has 0 amide bonds. The third kappa shape index (κ3) is 3.01. The second kappa shape index (κ2) is 6.66. The molecule has 1 aliphatic heterocycles. The van der Waals surface area contributed by atoms with Crippen molar-refractivity contribution in [2.75, 3.05) is 20.8 Å². The van der Waals surface area contributed by atoms with Gasteiger partial charge in [0, 0.05) is 22.6 Å². The zero-order chi connectivity index (χ0) is 15.6. The molecule has 1 aromatic rings. The highest BCUT2D eigenvalue weighted by Crippen LogP contribution is 2.43. The Hall–Kier alpha value is -1.27. The van der Waals surface area contributed by atoms with Gasteiger partial charge in [0.2, 0.25) is 0 Å². The van der Waals surface area contributed by atoms with Crippen molar-refractivity contribution in [2.45, 2.75) is 25.8 Å². The van der Waals surface area contributed by atoms with Crippen LogP contribution in [0.25, 0.3) is 0 Å². The number of carboxylic acids is 1. The maximum Gasteiger partial charge on any atom is 0.307 e. The number of halogens is 1. The summed E-state index contributed by atoms with van der Waals surface area (Å²) in [6, 6.07) is 1.89. The van der Waals surface area contributed by atoms with E-state index in [1.807, 2.05) is 6.07 Å². The molecule has 1 fully saturated rings. The number of rotatable bonds is 5. The number of ether oxygens (including phenoxy) is 2. The number of benzene rings is 1. The molecule has 5 nitrogen and oxygen atoms in total. The first kappa shape index (κ1) is 16.1. The molecule has 0 bridgehead atoms. The molecule has 0 saturated carbocycles. The molecule has 2 atom stereocenters. The van der Waals surface area contributed by atoms with E-state index >= 15 is 0 Å². The van der Waals surface area contributed by atoms with Crippen LogP contribution >= 0.6 is 15.9 Å². The summed E-state index contributed by atoms with van der Waals surface area (Å²) in [5.74, 6) is 0.302. The minimum absolute atomic E-state index is 0.00947. The molecule has 0 aliphatic carbocycles. The summed E-state index contributed by atoms with van der Waals surface area (Å²) in [7, 11) is 3.23. The number of carbonyl (C=O) groups is 1. The van der Waals surface area contributed by atoms with E-state index in [2.05, 4.69) is 28.2 Å². The summed E-state index contributed by atoms with van der Waals surface area (Å²) in [6.07, 6.45) is 1.36. The van der Waals surface area contributed by atoms with Gasteiger partial charge in [-0.15, -0.1) is 0 Å². The van der Waals surface area contributed by atoms with Crippen LogP contribution in [0, 0.1) is 5.92 Å². The molecule has 1 aliphatic rings. The molecule has 0 aromatic heterocycles. The Kier molecular flexibility index (Phi) is 5.11. The number of methoxy groups -OCH3 is 2. The quantitative estimate of drug-likeness (QED) is 0.847. The molecule has 116 valence electrons. The highest BCUT2D eigenvalue weighted by molar-refractivity contribution is 9.10. The largest absolute Gasteiger partial charge is 0.493 e. The van der Waals surface area contributed by atoms with Gasteiger partial charge in [0.05, 0.1) is 20.1 Å². The lowest BCUT2D eigenvalue weighted by atomic mass is 9.94. The van der Waals surface area contributed by atoms with Gasteiger partial charge < -0.3 is 19.9 Å². The number of aliphatic carboxylic acids is 1. The van der Waals surface area contributed by atoms with E-state index in [1.54, 1.807) is 14.2 Å². The smallest absolute Gasteiger partial charge is 0.307 e. The Morgan fingerprint density at radius 3 is 2.67 bits per heavy atom. The fourth-order valence-electron chi connectivity index (χ4n) is 2.92. The molecule has 0 spiro atoms. The van der Waals surface area contributed by atoms with Crippen LogP contribution in [0.4, 0.5) is 0 Å². The van der Waals surface area contributed by atoms with Gasteiger partial charge in [0.1, 0.15) is 0 Å². The fourth-order valence-corrected chi connectivity index (χ4v) is 3.64. The second-order valence-electron chi connectivity index (χ2n) is 5.07. The van der Waals surface area contributed by atoms with Crippen LogP contribution < -0.4 is 14.8 Å². The third-order valence-corrected chi connectivity index (χ3v) is 4.60. The van der Waals surface area contributed by atoms with Crippen molar-refractivity contribution in [1.29, 1.82) is 0 Å². The maximum absolute atomic E-state index is 11.1. The van der Waals surface area contributed by atoms with Gasteiger partial charge in [-0.3, -0.25) is 4.79 Å². The van der Waals surface area contributed by atoms with Crippen LogP contribution in [-0.4, -0.2) is 31.8 Å². The minimum atomic E-state index is -0.750.